The number of aliphatic carboxylic acids is 1. The van der Waals surface area contributed by atoms with Crippen LogP contribution in [0.25, 0.3) is 22.6 Å². The number of imidazole rings is 1. The number of carboxylic acid groups (broad SMARTS) is 1. The lowest BCUT2D eigenvalue weighted by Gasteiger charge is -2.26. The molecule has 1 aromatic carbocycles. The number of hydrogen-bond donors (Lipinski definition) is 4. The van der Waals surface area contributed by atoms with Gasteiger partial charge in [-0.1, -0.05) is 6.42 Å². The van der Waals surface area contributed by atoms with Crippen LogP contribution < -0.4 is 10.1 Å². The minimum Gasteiger partial charge on any atom is -0.489 e. The summed E-state index contributed by atoms with van der Waals surface area (Å²) in [6.45, 7) is 8.40. The molecule has 3 heterocycles. The van der Waals surface area contributed by atoms with Gasteiger partial charge in [0.05, 0.1) is 16.7 Å². The molecule has 15 heteroatoms. The second-order valence-corrected chi connectivity index (χ2v) is 8.69. The minimum absolute atomic E-state index is 0.196. The van der Waals surface area contributed by atoms with Crippen molar-refractivity contribution in [3.05, 3.63) is 24.1 Å². The SMILES string of the molecule is CCN(CC)C(=O)Nc1c[nH]nc1-c1nc2cc(F)c(OCCN3CCCCC3)cc2[nH]1.O=C(O)C(F)(F)F. The van der Waals surface area contributed by atoms with E-state index in [4.69, 9.17) is 14.6 Å². The van der Waals surface area contributed by atoms with E-state index in [1.54, 1.807) is 17.2 Å². The van der Waals surface area contributed by atoms with Crippen molar-refractivity contribution in [3.63, 3.8) is 0 Å². The predicted molar refractivity (Wildman–Crippen MR) is 135 cm³/mol. The third-order valence-electron chi connectivity index (χ3n) is 6.05. The Morgan fingerprint density at radius 3 is 2.46 bits per heavy atom. The Morgan fingerprint density at radius 2 is 1.85 bits per heavy atom. The number of hydrogen-bond acceptors (Lipinski definition) is 6. The molecule has 4 rings (SSSR count). The monoisotopic (exact) mass is 557 g/mol. The Hall–Kier alpha value is -3.88. The molecule has 0 saturated carbocycles. The molecule has 0 bridgehead atoms. The number of piperidine rings is 1. The molecule has 0 aliphatic carbocycles. The lowest BCUT2D eigenvalue weighted by atomic mass is 10.1. The first kappa shape index (κ1) is 29.7. The van der Waals surface area contributed by atoms with Gasteiger partial charge >= 0.3 is 18.2 Å². The Morgan fingerprint density at radius 1 is 1.18 bits per heavy atom. The number of fused-ring (bicyclic) bond motifs is 1. The highest BCUT2D eigenvalue weighted by atomic mass is 19.4. The van der Waals surface area contributed by atoms with Gasteiger partial charge in [-0.25, -0.2) is 19.0 Å². The Labute approximate surface area is 221 Å². The second kappa shape index (κ2) is 13.3. The van der Waals surface area contributed by atoms with Gasteiger partial charge in [-0.15, -0.1) is 0 Å². The van der Waals surface area contributed by atoms with E-state index in [-0.39, 0.29) is 11.8 Å². The number of alkyl halides is 3. The number of carbonyl (C=O) groups is 2. The number of carbonyl (C=O) groups excluding carboxylic acids is 1. The number of nitrogens with zero attached hydrogens (tertiary/aromatic N) is 4. The maximum atomic E-state index is 14.6. The van der Waals surface area contributed by atoms with E-state index in [1.165, 1.54) is 25.3 Å². The van der Waals surface area contributed by atoms with Crippen LogP contribution in [-0.4, -0.2) is 92.6 Å². The first-order valence-corrected chi connectivity index (χ1v) is 12.5. The number of likely N-dealkylation sites (tertiary alicyclic amines) is 1. The topological polar surface area (TPSA) is 139 Å². The van der Waals surface area contributed by atoms with Crippen LogP contribution in [0.5, 0.6) is 5.75 Å². The number of amides is 2. The average Bonchev–Trinajstić information content (AvgIpc) is 3.51. The summed E-state index contributed by atoms with van der Waals surface area (Å²) in [4.78, 5) is 32.9. The van der Waals surface area contributed by atoms with Crippen molar-refractivity contribution in [2.75, 3.05) is 44.6 Å². The summed E-state index contributed by atoms with van der Waals surface area (Å²) < 4.78 is 52.0. The quantitative estimate of drug-likeness (QED) is 0.300. The first-order valence-electron chi connectivity index (χ1n) is 12.5. The molecule has 214 valence electrons. The Balaban J connectivity index is 0.000000532. The smallest absolute Gasteiger partial charge is 0.489 e. The van der Waals surface area contributed by atoms with Gasteiger partial charge in [-0.2, -0.15) is 18.3 Å². The van der Waals surface area contributed by atoms with E-state index in [0.717, 1.165) is 19.6 Å². The Bertz CT molecular complexity index is 1250. The van der Waals surface area contributed by atoms with Crippen LogP contribution in [0.4, 0.5) is 28.0 Å². The molecule has 0 spiro atoms. The van der Waals surface area contributed by atoms with Crippen LogP contribution in [0.3, 0.4) is 0 Å². The molecule has 1 aliphatic heterocycles. The van der Waals surface area contributed by atoms with E-state index in [0.29, 0.717) is 47.9 Å². The highest BCUT2D eigenvalue weighted by Crippen LogP contribution is 2.29. The molecular weight excluding hydrogens is 526 g/mol. The average molecular weight is 558 g/mol. The van der Waals surface area contributed by atoms with Gasteiger partial charge in [-0.3, -0.25) is 10.00 Å². The summed E-state index contributed by atoms with van der Waals surface area (Å²) in [6, 6.07) is 2.76. The number of rotatable bonds is 8. The lowest BCUT2D eigenvalue weighted by Crippen LogP contribution is -2.34. The molecule has 0 atom stereocenters. The molecule has 1 saturated heterocycles. The lowest BCUT2D eigenvalue weighted by molar-refractivity contribution is -0.192. The number of halogens is 4. The molecule has 39 heavy (non-hydrogen) atoms. The normalized spacial score (nSPS) is 14.0. The van der Waals surface area contributed by atoms with E-state index >= 15 is 0 Å². The van der Waals surface area contributed by atoms with Crippen LogP contribution in [-0.2, 0) is 4.79 Å². The summed E-state index contributed by atoms with van der Waals surface area (Å²) in [7, 11) is 0. The van der Waals surface area contributed by atoms with Gasteiger partial charge in [0.25, 0.3) is 0 Å². The first-order chi connectivity index (χ1) is 18.5. The third kappa shape index (κ3) is 8.05. The molecule has 1 fully saturated rings. The number of aromatic nitrogens is 4. The molecule has 0 unspecified atom stereocenters. The maximum absolute atomic E-state index is 14.6. The van der Waals surface area contributed by atoms with Gasteiger partial charge in [0.2, 0.25) is 0 Å². The van der Waals surface area contributed by atoms with Crippen LogP contribution in [0.15, 0.2) is 18.3 Å². The molecule has 0 radical (unpaired) electrons. The summed E-state index contributed by atoms with van der Waals surface area (Å²) in [6.07, 6.45) is 0.213. The summed E-state index contributed by atoms with van der Waals surface area (Å²) >= 11 is 0. The van der Waals surface area contributed by atoms with E-state index in [2.05, 4.69) is 30.4 Å². The van der Waals surface area contributed by atoms with Crippen LogP contribution in [0, 0.1) is 5.82 Å². The zero-order valence-electron chi connectivity index (χ0n) is 21.6. The van der Waals surface area contributed by atoms with Crippen molar-refractivity contribution in [1.82, 2.24) is 30.0 Å². The number of benzene rings is 1. The molecule has 1 aliphatic rings. The number of nitrogens with one attached hydrogen (secondary N) is 3. The fourth-order valence-electron chi connectivity index (χ4n) is 3.97. The highest BCUT2D eigenvalue weighted by Gasteiger charge is 2.38. The third-order valence-corrected chi connectivity index (χ3v) is 6.05. The minimum atomic E-state index is -5.08. The number of anilines is 1. The molecule has 2 aromatic heterocycles. The highest BCUT2D eigenvalue weighted by molar-refractivity contribution is 5.93. The van der Waals surface area contributed by atoms with Gasteiger partial charge in [0.15, 0.2) is 23.1 Å². The van der Waals surface area contributed by atoms with Crippen molar-refractivity contribution in [2.24, 2.45) is 0 Å². The zero-order chi connectivity index (χ0) is 28.6. The van der Waals surface area contributed by atoms with E-state index < -0.39 is 18.0 Å². The fourth-order valence-corrected chi connectivity index (χ4v) is 3.97. The molecule has 2 amide bonds. The number of urea groups is 1. The van der Waals surface area contributed by atoms with Crippen molar-refractivity contribution in [1.29, 1.82) is 0 Å². The van der Waals surface area contributed by atoms with Crippen LogP contribution >= 0.6 is 0 Å². The number of aromatic amines is 2. The number of carboxylic acids is 1. The standard InChI is InChI=1S/C22H30FN7O2.C2HF3O2/c1-3-30(4-2)22(31)27-18-14-24-28-20(18)21-25-16-12-15(23)19(13-17(16)26-21)32-11-10-29-8-6-5-7-9-29;3-2(4,5)1(6)7/h12-14H,3-11H2,1-2H3,(H,24,28)(H,25,26)(H,27,31);(H,6,7). The largest absolute Gasteiger partial charge is 0.490 e. The summed E-state index contributed by atoms with van der Waals surface area (Å²) in [5.41, 5.74) is 2.05. The van der Waals surface area contributed by atoms with Crippen molar-refractivity contribution < 1.29 is 37.0 Å². The summed E-state index contributed by atoms with van der Waals surface area (Å²) in [5.74, 6) is -2.58. The van der Waals surface area contributed by atoms with Crippen molar-refractivity contribution >= 4 is 28.7 Å². The van der Waals surface area contributed by atoms with Gasteiger partial charge < -0.3 is 25.0 Å². The Kier molecular flexibility index (Phi) is 10.1. The van der Waals surface area contributed by atoms with E-state index in [9.17, 15) is 22.4 Å². The zero-order valence-corrected chi connectivity index (χ0v) is 21.6. The van der Waals surface area contributed by atoms with Crippen LogP contribution in [0.1, 0.15) is 33.1 Å². The number of H-pyrrole nitrogens is 2. The molecule has 4 N–H and O–H groups in total. The summed E-state index contributed by atoms with van der Waals surface area (Å²) in [5, 5.41) is 16.9. The molecule has 11 nitrogen and oxygen atoms in total. The molecule has 3 aromatic rings. The maximum Gasteiger partial charge on any atom is 0.490 e. The molecular formula is C24H31F4N7O4. The second-order valence-electron chi connectivity index (χ2n) is 8.69. The van der Waals surface area contributed by atoms with E-state index in [1.807, 2.05) is 13.8 Å². The van der Waals surface area contributed by atoms with Crippen LogP contribution in [0.2, 0.25) is 0 Å². The van der Waals surface area contributed by atoms with Gasteiger partial charge in [-0.05, 0) is 39.8 Å². The number of ether oxygens (including phenoxy) is 1. The van der Waals surface area contributed by atoms with Gasteiger partial charge in [0, 0.05) is 38.0 Å². The van der Waals surface area contributed by atoms with Crippen molar-refractivity contribution in [2.45, 2.75) is 39.3 Å². The predicted octanol–water partition coefficient (Wildman–Crippen LogP) is 4.46. The fraction of sp³-hybridized carbons (Fsp3) is 0.500. The van der Waals surface area contributed by atoms with Crippen molar-refractivity contribution in [3.8, 4) is 17.3 Å². The van der Waals surface area contributed by atoms with Gasteiger partial charge in [0.1, 0.15) is 6.61 Å².